The topological polar surface area (TPSA) is 105 Å². The SMILES string of the molecule is COP(=O)(OC)c1ccc(-c2ccc([C@@H]3[C@H](CCC(=O)c4ccc(F)cc4)NC(=O)N3c3ccccc3)c(O)c2)cc1. The van der Waals surface area contributed by atoms with Gasteiger partial charge in [-0.15, -0.1) is 0 Å². The Morgan fingerprint density at radius 3 is 2.19 bits per heavy atom. The maximum Gasteiger partial charge on any atom is 0.360 e. The Bertz CT molecular complexity index is 1620. The fraction of sp³-hybridized carbons (Fsp3) is 0.188. The van der Waals surface area contributed by atoms with Crippen LogP contribution in [0.25, 0.3) is 11.1 Å². The first-order valence-corrected chi connectivity index (χ1v) is 14.9. The van der Waals surface area contributed by atoms with Crippen LogP contribution in [0.5, 0.6) is 5.75 Å². The van der Waals surface area contributed by atoms with Crippen LogP contribution in [0.2, 0.25) is 0 Å². The molecule has 10 heteroatoms. The Balaban J connectivity index is 1.44. The summed E-state index contributed by atoms with van der Waals surface area (Å²) in [6.45, 7) is 0. The summed E-state index contributed by atoms with van der Waals surface area (Å²) < 4.78 is 36.1. The second-order valence-electron chi connectivity index (χ2n) is 9.86. The number of ketones is 1. The molecule has 4 aromatic rings. The van der Waals surface area contributed by atoms with Crippen molar-refractivity contribution >= 4 is 30.4 Å². The Morgan fingerprint density at radius 2 is 1.57 bits per heavy atom. The summed E-state index contributed by atoms with van der Waals surface area (Å²) in [5.74, 6) is -0.614. The number of Topliss-reactive ketones (excluding diaryl/α,β-unsaturated/α-hetero) is 1. The summed E-state index contributed by atoms with van der Waals surface area (Å²) in [5.41, 5.74) is 3.02. The third-order valence-electron chi connectivity index (χ3n) is 7.42. The molecule has 5 rings (SSSR count). The second kappa shape index (κ2) is 12.3. The van der Waals surface area contributed by atoms with Crippen molar-refractivity contribution < 1.29 is 32.7 Å². The standard InChI is InChI=1S/C32H30FN2O6P/c1-40-42(39,41-2)26-15-10-21(11-16-26)23-12-17-27(30(37)20-23)31-28(18-19-29(36)22-8-13-24(33)14-9-22)34-32(38)35(31)25-6-4-3-5-7-25/h3-17,20,28,31,37H,18-19H2,1-2H3,(H,34,38)/t28-,31+/m0/s1. The molecule has 0 unspecified atom stereocenters. The highest BCUT2D eigenvalue weighted by Crippen LogP contribution is 2.45. The normalized spacial score (nSPS) is 16.8. The van der Waals surface area contributed by atoms with E-state index in [1.165, 1.54) is 38.5 Å². The number of nitrogens with zero attached hydrogens (tertiary/aromatic N) is 1. The molecule has 2 amide bonds. The summed E-state index contributed by atoms with van der Waals surface area (Å²) >= 11 is 0. The van der Waals surface area contributed by atoms with Crippen LogP contribution in [0.1, 0.15) is 34.8 Å². The van der Waals surface area contributed by atoms with E-state index in [9.17, 15) is 23.7 Å². The van der Waals surface area contributed by atoms with Crippen molar-refractivity contribution in [2.24, 2.45) is 0 Å². The number of hydrogen-bond acceptors (Lipinski definition) is 6. The Morgan fingerprint density at radius 1 is 0.929 bits per heavy atom. The first-order chi connectivity index (χ1) is 20.2. The predicted molar refractivity (Wildman–Crippen MR) is 159 cm³/mol. The number of amides is 2. The lowest BCUT2D eigenvalue weighted by atomic mass is 9.92. The van der Waals surface area contributed by atoms with Gasteiger partial charge in [0.05, 0.1) is 17.4 Å². The molecule has 0 aromatic heterocycles. The highest BCUT2D eigenvalue weighted by atomic mass is 31.2. The van der Waals surface area contributed by atoms with Crippen LogP contribution in [0.15, 0.2) is 97.1 Å². The van der Waals surface area contributed by atoms with Crippen LogP contribution in [-0.4, -0.2) is 37.2 Å². The number of carbonyl (C=O) groups excluding carboxylic acids is 2. The van der Waals surface area contributed by atoms with Gasteiger partial charge in [0.25, 0.3) is 0 Å². The lowest BCUT2D eigenvalue weighted by Gasteiger charge is -2.28. The van der Waals surface area contributed by atoms with Crippen LogP contribution in [0.4, 0.5) is 14.9 Å². The number of carbonyl (C=O) groups is 2. The van der Waals surface area contributed by atoms with Gasteiger partial charge in [-0.3, -0.25) is 14.3 Å². The van der Waals surface area contributed by atoms with Crippen molar-refractivity contribution in [3.05, 3.63) is 114 Å². The molecule has 0 bridgehead atoms. The number of anilines is 1. The van der Waals surface area contributed by atoms with Crippen LogP contribution >= 0.6 is 7.60 Å². The van der Waals surface area contributed by atoms with Gasteiger partial charge >= 0.3 is 13.6 Å². The molecule has 1 saturated heterocycles. The average molecular weight is 589 g/mol. The average Bonchev–Trinajstić information content (AvgIpc) is 3.35. The minimum Gasteiger partial charge on any atom is -0.508 e. The van der Waals surface area contributed by atoms with Gasteiger partial charge in [0.15, 0.2) is 5.78 Å². The van der Waals surface area contributed by atoms with Gasteiger partial charge in [-0.2, -0.15) is 0 Å². The number of rotatable bonds is 10. The first kappa shape index (κ1) is 29.2. The maximum atomic E-state index is 13.3. The number of halogens is 1. The van der Waals surface area contributed by atoms with Crippen LogP contribution in [-0.2, 0) is 13.6 Å². The summed E-state index contributed by atoms with van der Waals surface area (Å²) in [6.07, 6.45) is 0.422. The summed E-state index contributed by atoms with van der Waals surface area (Å²) in [7, 11) is -0.753. The van der Waals surface area contributed by atoms with E-state index in [4.69, 9.17) is 9.05 Å². The molecule has 2 N–H and O–H groups in total. The highest BCUT2D eigenvalue weighted by Gasteiger charge is 2.42. The second-order valence-corrected chi connectivity index (χ2v) is 12.1. The van der Waals surface area contributed by atoms with Crippen molar-refractivity contribution in [3.8, 4) is 16.9 Å². The zero-order chi connectivity index (χ0) is 29.9. The summed E-state index contributed by atoms with van der Waals surface area (Å²) in [6, 6.07) is 25.1. The van der Waals surface area contributed by atoms with Crippen molar-refractivity contribution in [1.29, 1.82) is 0 Å². The molecule has 0 saturated carbocycles. The van der Waals surface area contributed by atoms with E-state index < -0.39 is 25.5 Å². The van der Waals surface area contributed by atoms with Crippen LogP contribution < -0.4 is 15.5 Å². The molecule has 1 aliphatic heterocycles. The fourth-order valence-corrected chi connectivity index (χ4v) is 6.31. The highest BCUT2D eigenvalue weighted by molar-refractivity contribution is 7.62. The molecule has 1 fully saturated rings. The molecule has 1 aliphatic rings. The zero-order valence-corrected chi connectivity index (χ0v) is 24.0. The monoisotopic (exact) mass is 588 g/mol. The number of para-hydroxylation sites is 1. The largest absolute Gasteiger partial charge is 0.508 e. The zero-order valence-electron chi connectivity index (χ0n) is 23.1. The van der Waals surface area contributed by atoms with E-state index in [1.54, 1.807) is 41.3 Å². The van der Waals surface area contributed by atoms with Gasteiger partial charge in [-0.05, 0) is 72.1 Å². The molecule has 216 valence electrons. The van der Waals surface area contributed by atoms with Crippen molar-refractivity contribution in [1.82, 2.24) is 5.32 Å². The van der Waals surface area contributed by atoms with Gasteiger partial charge in [0.1, 0.15) is 11.6 Å². The van der Waals surface area contributed by atoms with Crippen molar-refractivity contribution in [3.63, 3.8) is 0 Å². The Hall–Kier alpha value is -4.30. The minimum absolute atomic E-state index is 0.0201. The van der Waals surface area contributed by atoms with Gasteiger partial charge in [-0.1, -0.05) is 42.5 Å². The molecule has 2 atom stereocenters. The van der Waals surface area contributed by atoms with Gasteiger partial charge < -0.3 is 19.5 Å². The van der Waals surface area contributed by atoms with Gasteiger partial charge in [0.2, 0.25) is 0 Å². The van der Waals surface area contributed by atoms with Crippen molar-refractivity contribution in [2.45, 2.75) is 24.9 Å². The third kappa shape index (κ3) is 5.85. The smallest absolute Gasteiger partial charge is 0.360 e. The Labute approximate surface area is 243 Å². The fourth-order valence-electron chi connectivity index (χ4n) is 5.23. The molecule has 8 nitrogen and oxygen atoms in total. The van der Waals surface area contributed by atoms with E-state index in [-0.39, 0.29) is 24.0 Å². The summed E-state index contributed by atoms with van der Waals surface area (Å²) in [4.78, 5) is 27.7. The molecule has 0 radical (unpaired) electrons. The third-order valence-corrected chi connectivity index (χ3v) is 9.31. The molecule has 0 aliphatic carbocycles. The number of phenolic OH excluding ortho intramolecular Hbond substituents is 1. The van der Waals surface area contributed by atoms with Crippen molar-refractivity contribution in [2.75, 3.05) is 19.1 Å². The summed E-state index contributed by atoms with van der Waals surface area (Å²) in [5, 5.41) is 14.7. The molecule has 4 aromatic carbocycles. The number of hydrogen-bond donors (Lipinski definition) is 2. The number of nitrogens with one attached hydrogen (secondary N) is 1. The van der Waals surface area contributed by atoms with E-state index in [0.717, 1.165) is 5.56 Å². The number of urea groups is 1. The van der Waals surface area contributed by atoms with E-state index in [1.807, 2.05) is 36.4 Å². The molecule has 0 spiro atoms. The van der Waals surface area contributed by atoms with Crippen LogP contribution in [0.3, 0.4) is 0 Å². The molecular formula is C32H30FN2O6P. The Kier molecular flexibility index (Phi) is 8.54. The number of phenols is 1. The molecular weight excluding hydrogens is 558 g/mol. The predicted octanol–water partition coefficient (Wildman–Crippen LogP) is 6.61. The van der Waals surface area contributed by atoms with Crippen LogP contribution in [0, 0.1) is 5.82 Å². The lowest BCUT2D eigenvalue weighted by Crippen LogP contribution is -2.29. The van der Waals surface area contributed by atoms with Gasteiger partial charge in [0, 0.05) is 37.5 Å². The minimum atomic E-state index is -3.40. The van der Waals surface area contributed by atoms with E-state index >= 15 is 0 Å². The molecule has 1 heterocycles. The number of benzene rings is 4. The van der Waals surface area contributed by atoms with Gasteiger partial charge in [-0.25, -0.2) is 9.18 Å². The number of aromatic hydroxyl groups is 1. The van der Waals surface area contributed by atoms with E-state index in [2.05, 4.69) is 5.32 Å². The first-order valence-electron chi connectivity index (χ1n) is 13.3. The maximum absolute atomic E-state index is 13.3. The lowest BCUT2D eigenvalue weighted by molar-refractivity contribution is 0.0976. The molecule has 42 heavy (non-hydrogen) atoms. The van der Waals surface area contributed by atoms with E-state index in [0.29, 0.717) is 34.1 Å². The quantitative estimate of drug-likeness (QED) is 0.160.